The van der Waals surface area contributed by atoms with Crippen molar-refractivity contribution < 1.29 is 22.7 Å². The van der Waals surface area contributed by atoms with Gasteiger partial charge in [-0.3, -0.25) is 4.79 Å². The van der Waals surface area contributed by atoms with Gasteiger partial charge in [-0.05, 0) is 43.7 Å². The van der Waals surface area contributed by atoms with Crippen LogP contribution in [0, 0.1) is 12.7 Å². The molecule has 0 saturated heterocycles. The number of aromatic nitrogens is 2. The maximum atomic E-state index is 15.5. The van der Waals surface area contributed by atoms with E-state index in [0.717, 1.165) is 9.54 Å². The topological polar surface area (TPSA) is 119 Å². The van der Waals surface area contributed by atoms with Crippen molar-refractivity contribution in [2.75, 3.05) is 26.4 Å². The Labute approximate surface area is 212 Å². The number of carbonyl (C=O) groups excluding carboxylic acids is 1. The molecule has 0 aliphatic rings. The number of benzene rings is 2. The Morgan fingerprint density at radius 1 is 1.19 bits per heavy atom. The number of rotatable bonds is 6. The minimum absolute atomic E-state index is 0.0108. The van der Waals surface area contributed by atoms with Gasteiger partial charge in [0.1, 0.15) is 11.0 Å². The maximum Gasteiger partial charge on any atom is 0.270 e. The summed E-state index contributed by atoms with van der Waals surface area (Å²) in [5, 5.41) is 9.83. The third-order valence-electron chi connectivity index (χ3n) is 5.84. The zero-order valence-corrected chi connectivity index (χ0v) is 21.4. The summed E-state index contributed by atoms with van der Waals surface area (Å²) in [4.78, 5) is 18.1. The summed E-state index contributed by atoms with van der Waals surface area (Å²) in [7, 11) is -1.15. The molecule has 0 unspecified atom stereocenters. The summed E-state index contributed by atoms with van der Waals surface area (Å²) >= 11 is 6.54. The number of nitrogens with zero attached hydrogens (tertiary/aromatic N) is 3. The third kappa shape index (κ3) is 4.21. The van der Waals surface area contributed by atoms with Gasteiger partial charge in [-0.2, -0.15) is 0 Å². The number of nitrogen functional groups attached to an aromatic ring is 1. The van der Waals surface area contributed by atoms with Crippen LogP contribution >= 0.6 is 11.6 Å². The number of aliphatic hydroxyl groups is 1. The van der Waals surface area contributed by atoms with Gasteiger partial charge in [0.15, 0.2) is 5.65 Å². The predicted octanol–water partition coefficient (Wildman–Crippen LogP) is 3.86. The van der Waals surface area contributed by atoms with Crippen molar-refractivity contribution in [3.05, 3.63) is 76.3 Å². The van der Waals surface area contributed by atoms with Crippen molar-refractivity contribution in [3.8, 4) is 11.1 Å². The van der Waals surface area contributed by atoms with Crippen LogP contribution in [-0.2, 0) is 16.4 Å². The molecule has 4 rings (SSSR count). The molecule has 3 N–H and O–H groups in total. The quantitative estimate of drug-likeness (QED) is 0.365. The van der Waals surface area contributed by atoms with Gasteiger partial charge in [-0.25, -0.2) is 21.8 Å². The first-order valence-corrected chi connectivity index (χ1v) is 12.7. The molecule has 11 heteroatoms. The molecule has 4 aromatic rings. The predicted molar refractivity (Wildman–Crippen MR) is 137 cm³/mol. The lowest BCUT2D eigenvalue weighted by atomic mass is 10.00. The molecular formula is C25H24ClFN4O4S. The van der Waals surface area contributed by atoms with Crippen LogP contribution in [0.25, 0.3) is 22.2 Å². The molecule has 0 saturated carbocycles. The van der Waals surface area contributed by atoms with Gasteiger partial charge < -0.3 is 15.7 Å². The first-order valence-electron chi connectivity index (χ1n) is 10.9. The molecule has 0 radical (unpaired) electrons. The molecule has 2 heterocycles. The second-order valence-electron chi connectivity index (χ2n) is 8.51. The Bertz CT molecular complexity index is 1600. The van der Waals surface area contributed by atoms with Gasteiger partial charge >= 0.3 is 0 Å². The molecule has 0 atom stereocenters. The number of halogens is 2. The minimum atomic E-state index is -4.13. The van der Waals surface area contributed by atoms with Crippen LogP contribution in [0.1, 0.15) is 21.5 Å². The number of nitrogens with two attached hydrogens (primary N) is 1. The van der Waals surface area contributed by atoms with E-state index in [0.29, 0.717) is 10.9 Å². The zero-order chi connectivity index (χ0) is 26.4. The molecule has 188 valence electrons. The summed E-state index contributed by atoms with van der Waals surface area (Å²) in [5.74, 6) is -1.42. The Balaban J connectivity index is 1.96. The largest absolute Gasteiger partial charge is 0.398 e. The van der Waals surface area contributed by atoms with Crippen molar-refractivity contribution in [1.82, 2.24) is 13.9 Å². The molecule has 2 aromatic heterocycles. The normalized spacial score (nSPS) is 11.7. The summed E-state index contributed by atoms with van der Waals surface area (Å²) in [6.07, 6.45) is 1.35. The fourth-order valence-electron chi connectivity index (χ4n) is 3.95. The SMILES string of the molecule is Cc1ccc(S(=O)(=O)n2c(Cl)c(CCO)c3cc(-c4ccc(N)c(C(=O)N(C)C)c4F)cnc32)cc1. The zero-order valence-electron chi connectivity index (χ0n) is 19.8. The fraction of sp³-hybridized carbons (Fsp3) is 0.200. The summed E-state index contributed by atoms with van der Waals surface area (Å²) in [6.45, 7) is 1.54. The summed E-state index contributed by atoms with van der Waals surface area (Å²) in [5.41, 5.74) is 7.21. The van der Waals surface area contributed by atoms with Gasteiger partial charge in [0.05, 0.1) is 10.5 Å². The molecule has 36 heavy (non-hydrogen) atoms. The van der Waals surface area contributed by atoms with Crippen LogP contribution in [0.2, 0.25) is 5.15 Å². The van der Waals surface area contributed by atoms with E-state index >= 15 is 4.39 Å². The monoisotopic (exact) mass is 530 g/mol. The smallest absolute Gasteiger partial charge is 0.270 e. The van der Waals surface area contributed by atoms with E-state index in [9.17, 15) is 18.3 Å². The summed E-state index contributed by atoms with van der Waals surface area (Å²) in [6, 6.07) is 10.7. The van der Waals surface area contributed by atoms with Crippen molar-refractivity contribution in [1.29, 1.82) is 0 Å². The molecule has 0 spiro atoms. The number of aryl methyl sites for hydroxylation is 1. The van der Waals surface area contributed by atoms with Crippen molar-refractivity contribution in [3.63, 3.8) is 0 Å². The molecule has 1 amide bonds. The number of hydrogen-bond acceptors (Lipinski definition) is 6. The number of hydrogen-bond donors (Lipinski definition) is 2. The number of fused-ring (bicyclic) bond motifs is 1. The second-order valence-corrected chi connectivity index (χ2v) is 10.7. The van der Waals surface area contributed by atoms with Gasteiger partial charge in [-0.15, -0.1) is 0 Å². The van der Waals surface area contributed by atoms with Crippen LogP contribution in [-0.4, -0.2) is 54.0 Å². The van der Waals surface area contributed by atoms with E-state index in [4.69, 9.17) is 17.3 Å². The van der Waals surface area contributed by atoms with Crippen LogP contribution in [0.3, 0.4) is 0 Å². The maximum absolute atomic E-state index is 15.5. The second kappa shape index (κ2) is 9.53. The van der Waals surface area contributed by atoms with Crippen LogP contribution in [0.15, 0.2) is 53.6 Å². The first kappa shape index (κ1) is 25.6. The molecular weight excluding hydrogens is 507 g/mol. The van der Waals surface area contributed by atoms with Crippen molar-refractivity contribution >= 4 is 44.3 Å². The Hall–Kier alpha value is -3.47. The average Bonchev–Trinajstić information content (AvgIpc) is 3.11. The van der Waals surface area contributed by atoms with Gasteiger partial charge in [0.2, 0.25) is 0 Å². The molecule has 0 aliphatic carbocycles. The van der Waals surface area contributed by atoms with Gasteiger partial charge in [0, 0.05) is 54.7 Å². The lowest BCUT2D eigenvalue weighted by Gasteiger charge is -2.15. The molecule has 2 aromatic carbocycles. The highest BCUT2D eigenvalue weighted by molar-refractivity contribution is 7.90. The fourth-order valence-corrected chi connectivity index (χ4v) is 5.89. The molecule has 0 aliphatic heterocycles. The number of pyridine rings is 1. The highest BCUT2D eigenvalue weighted by Crippen LogP contribution is 2.36. The molecule has 8 nitrogen and oxygen atoms in total. The van der Waals surface area contributed by atoms with Gasteiger partial charge in [0.25, 0.3) is 15.9 Å². The van der Waals surface area contributed by atoms with E-state index in [1.165, 1.54) is 49.5 Å². The Morgan fingerprint density at radius 3 is 2.47 bits per heavy atom. The van der Waals surface area contributed by atoms with E-state index in [1.807, 2.05) is 6.92 Å². The number of amides is 1. The number of anilines is 1. The lowest BCUT2D eigenvalue weighted by molar-refractivity contribution is 0.0824. The van der Waals surface area contributed by atoms with Crippen molar-refractivity contribution in [2.24, 2.45) is 0 Å². The van der Waals surface area contributed by atoms with Crippen LogP contribution < -0.4 is 5.73 Å². The Kier molecular flexibility index (Phi) is 6.78. The highest BCUT2D eigenvalue weighted by atomic mass is 35.5. The van der Waals surface area contributed by atoms with Gasteiger partial charge in [-0.1, -0.05) is 29.3 Å². The highest BCUT2D eigenvalue weighted by Gasteiger charge is 2.28. The third-order valence-corrected chi connectivity index (χ3v) is 8.04. The van der Waals surface area contributed by atoms with E-state index < -0.39 is 21.7 Å². The minimum Gasteiger partial charge on any atom is -0.398 e. The first-order chi connectivity index (χ1) is 17.0. The average molecular weight is 531 g/mol. The van der Waals surface area contributed by atoms with Crippen molar-refractivity contribution in [2.45, 2.75) is 18.2 Å². The molecule has 0 bridgehead atoms. The van der Waals surface area contributed by atoms with Crippen LogP contribution in [0.5, 0.6) is 0 Å². The number of carbonyl (C=O) groups is 1. The standard InChI is InChI=1S/C25H24ClFN4O4S/c1-14-4-6-16(7-5-14)36(34,35)31-23(26)18(10-11-32)19-12-15(13-29-24(19)31)17-8-9-20(28)21(22(17)27)25(33)30(2)3/h4-9,12-13,32H,10-11,28H2,1-3H3. The van der Waals surface area contributed by atoms with Crippen LogP contribution in [0.4, 0.5) is 10.1 Å². The van der Waals surface area contributed by atoms with E-state index in [-0.39, 0.29) is 51.1 Å². The van der Waals surface area contributed by atoms with E-state index in [2.05, 4.69) is 4.98 Å². The Morgan fingerprint density at radius 2 is 1.86 bits per heavy atom. The summed E-state index contributed by atoms with van der Waals surface area (Å²) < 4.78 is 43.4. The lowest BCUT2D eigenvalue weighted by Crippen LogP contribution is -2.24. The number of aliphatic hydroxyl groups excluding tert-OH is 1. The van der Waals surface area contributed by atoms with E-state index in [1.54, 1.807) is 18.2 Å². The molecule has 0 fully saturated rings.